The second kappa shape index (κ2) is 67.7. The lowest BCUT2D eigenvalue weighted by Gasteiger charge is -2.40. The molecule has 0 radical (unpaired) electrons. The summed E-state index contributed by atoms with van der Waals surface area (Å²) in [5.74, 6) is -0.188. The summed E-state index contributed by atoms with van der Waals surface area (Å²) >= 11 is 0. The van der Waals surface area contributed by atoms with Gasteiger partial charge in [0, 0.05) is 6.42 Å². The van der Waals surface area contributed by atoms with Crippen LogP contribution in [-0.2, 0) is 14.3 Å². The molecule has 9 nitrogen and oxygen atoms in total. The fourth-order valence-electron chi connectivity index (χ4n) is 11.5. The molecule has 1 amide bonds. The predicted octanol–water partition coefficient (Wildman–Crippen LogP) is 21.2. The number of aliphatic hydroxyl groups excluding tert-OH is 5. The summed E-state index contributed by atoms with van der Waals surface area (Å²) in [6.07, 6.45) is 93.6. The number of nitrogens with one attached hydrogen (secondary N) is 1. The molecule has 1 saturated heterocycles. The summed E-state index contributed by atoms with van der Waals surface area (Å²) in [6.45, 7) is 3.68. The van der Waals surface area contributed by atoms with Crippen molar-refractivity contribution in [3.8, 4) is 0 Å². The largest absolute Gasteiger partial charge is 0.394 e. The number of amides is 1. The molecule has 0 aromatic rings. The normalized spacial score (nSPS) is 18.5. The van der Waals surface area contributed by atoms with E-state index in [9.17, 15) is 30.3 Å². The van der Waals surface area contributed by atoms with E-state index >= 15 is 0 Å². The Bertz CT molecular complexity index is 1780. The van der Waals surface area contributed by atoms with E-state index in [1.807, 2.05) is 6.08 Å². The van der Waals surface area contributed by atoms with E-state index in [1.54, 1.807) is 6.08 Å². The van der Waals surface area contributed by atoms with Crippen LogP contribution in [0.4, 0.5) is 0 Å². The summed E-state index contributed by atoms with van der Waals surface area (Å²) in [4.78, 5) is 13.1. The summed E-state index contributed by atoms with van der Waals surface area (Å²) in [5, 5.41) is 54.8. The number of rotatable bonds is 65. The number of allylic oxidation sites excluding steroid dienone is 17. The molecule has 0 aromatic carbocycles. The number of unbranched alkanes of at least 4 members (excludes halogenated alkanes) is 39. The Morgan fingerprint density at radius 1 is 0.393 bits per heavy atom. The SMILES string of the molecule is CC/C=C\C/C=C\C/C=C\C/C=C\C/C=C\C/C=C\CCCCCCCCCCCCCCCCCCCCCCCCC(=O)NC(COC1OC(CO)C(O)C(O)C1O)C(O)/C=C/CC/C=C/CC/C=C/CCCCCCCCCCCCCCCCC. The first-order chi connectivity index (χ1) is 43.8. The molecule has 0 saturated carbocycles. The number of hydrogen-bond donors (Lipinski definition) is 6. The van der Waals surface area contributed by atoms with E-state index in [2.05, 4.69) is 116 Å². The topological polar surface area (TPSA) is 149 Å². The number of ether oxygens (including phenoxy) is 2. The Kier molecular flexibility index (Phi) is 63.8. The molecule has 7 atom stereocenters. The molecule has 0 aromatic heterocycles. The van der Waals surface area contributed by atoms with Gasteiger partial charge in [0.15, 0.2) is 6.29 Å². The van der Waals surface area contributed by atoms with E-state index in [4.69, 9.17) is 9.47 Å². The minimum atomic E-state index is -1.58. The smallest absolute Gasteiger partial charge is 0.220 e. The van der Waals surface area contributed by atoms with Gasteiger partial charge >= 0.3 is 0 Å². The van der Waals surface area contributed by atoms with E-state index in [-0.39, 0.29) is 12.5 Å². The third-order valence-electron chi connectivity index (χ3n) is 17.3. The van der Waals surface area contributed by atoms with Crippen LogP contribution in [0.15, 0.2) is 109 Å². The van der Waals surface area contributed by atoms with Crippen molar-refractivity contribution in [2.75, 3.05) is 13.2 Å². The number of aliphatic hydroxyl groups is 5. The number of carbonyl (C=O) groups excluding carboxylic acids is 1. The van der Waals surface area contributed by atoms with Crippen molar-refractivity contribution in [3.63, 3.8) is 0 Å². The van der Waals surface area contributed by atoms with Crippen molar-refractivity contribution in [1.29, 1.82) is 0 Å². The summed E-state index contributed by atoms with van der Waals surface area (Å²) in [7, 11) is 0. The molecule has 6 N–H and O–H groups in total. The fraction of sp³-hybridized carbons (Fsp3) is 0.762. The van der Waals surface area contributed by atoms with E-state index in [0.717, 1.165) is 83.5 Å². The maximum atomic E-state index is 13.1. The van der Waals surface area contributed by atoms with Gasteiger partial charge in [0.1, 0.15) is 24.4 Å². The van der Waals surface area contributed by atoms with Crippen LogP contribution in [0.1, 0.15) is 335 Å². The molecule has 0 spiro atoms. The molecule has 7 unspecified atom stereocenters. The zero-order valence-corrected chi connectivity index (χ0v) is 57.7. The quantitative estimate of drug-likeness (QED) is 0.0261. The lowest BCUT2D eigenvalue weighted by atomic mass is 9.99. The Balaban J connectivity index is 2.09. The number of carbonyl (C=O) groups is 1. The molecule has 1 aliphatic rings. The maximum Gasteiger partial charge on any atom is 0.220 e. The third-order valence-corrected chi connectivity index (χ3v) is 17.3. The second-order valence-electron chi connectivity index (χ2n) is 25.7. The van der Waals surface area contributed by atoms with Crippen LogP contribution in [0, 0.1) is 0 Å². The van der Waals surface area contributed by atoms with Crippen molar-refractivity contribution in [3.05, 3.63) is 109 Å². The molecule has 89 heavy (non-hydrogen) atoms. The molecule has 1 fully saturated rings. The van der Waals surface area contributed by atoms with Gasteiger partial charge in [-0.1, -0.05) is 342 Å². The van der Waals surface area contributed by atoms with Gasteiger partial charge in [-0.15, -0.1) is 0 Å². The first-order valence-corrected chi connectivity index (χ1v) is 37.6. The van der Waals surface area contributed by atoms with E-state index in [1.165, 1.54) is 231 Å². The van der Waals surface area contributed by atoms with Crippen LogP contribution >= 0.6 is 0 Å². The summed E-state index contributed by atoms with van der Waals surface area (Å²) in [5.41, 5.74) is 0. The van der Waals surface area contributed by atoms with Crippen LogP contribution in [-0.4, -0.2) is 87.5 Å². The Morgan fingerprint density at radius 2 is 0.708 bits per heavy atom. The Labute approximate surface area is 548 Å². The standard InChI is InChI=1S/C80H141NO8/c1-3-5-7-9-11-13-15-17-19-21-23-25-27-29-30-31-32-33-34-35-36-37-38-39-40-41-42-43-44-46-48-50-52-54-56-58-60-62-64-66-68-70-76(84)81-73(72-88-80-79(87)78(86)77(85)75(71-82)89-80)74(83)69-67-65-63-61-59-57-55-53-51-49-47-45-28-26-24-22-20-18-16-14-12-10-8-6-4-2/h5,7,11,13,17,19,23,25,29-30,32-33,51,53,59,61,67,69,73-75,77-80,82-83,85-87H,3-4,6,8-10,12,14-16,18,20-22,24,26-28,31,34-50,52,54-58,60,62-66,68,70-72H2,1-2H3,(H,81,84)/b7-5-,13-11-,19-17-,25-23-,30-29-,33-32-,53-51+,61-59+,69-67+. The zero-order valence-electron chi connectivity index (χ0n) is 57.7. The molecule has 1 rings (SSSR count). The average molecular weight is 1250 g/mol. The second-order valence-corrected chi connectivity index (χ2v) is 25.7. The van der Waals surface area contributed by atoms with Crippen LogP contribution in [0.2, 0.25) is 0 Å². The van der Waals surface area contributed by atoms with Crippen LogP contribution < -0.4 is 5.32 Å². The van der Waals surface area contributed by atoms with Crippen molar-refractivity contribution >= 4 is 5.91 Å². The summed E-state index contributed by atoms with van der Waals surface area (Å²) < 4.78 is 11.3. The Morgan fingerprint density at radius 3 is 1.08 bits per heavy atom. The molecule has 1 heterocycles. The van der Waals surface area contributed by atoms with Gasteiger partial charge in [0.2, 0.25) is 5.91 Å². The van der Waals surface area contributed by atoms with Gasteiger partial charge < -0.3 is 40.3 Å². The number of hydrogen-bond acceptors (Lipinski definition) is 8. The highest BCUT2D eigenvalue weighted by molar-refractivity contribution is 5.76. The van der Waals surface area contributed by atoms with E-state index in [0.29, 0.717) is 6.42 Å². The fourth-order valence-corrected chi connectivity index (χ4v) is 11.5. The van der Waals surface area contributed by atoms with Gasteiger partial charge in [0.25, 0.3) is 0 Å². The molecule has 0 aliphatic carbocycles. The van der Waals surface area contributed by atoms with Crippen LogP contribution in [0.3, 0.4) is 0 Å². The van der Waals surface area contributed by atoms with Gasteiger partial charge in [0.05, 0.1) is 25.4 Å². The van der Waals surface area contributed by atoms with Gasteiger partial charge in [-0.2, -0.15) is 0 Å². The van der Waals surface area contributed by atoms with Crippen molar-refractivity contribution in [2.24, 2.45) is 0 Å². The lowest BCUT2D eigenvalue weighted by Crippen LogP contribution is -2.60. The van der Waals surface area contributed by atoms with Gasteiger partial charge in [-0.25, -0.2) is 0 Å². The van der Waals surface area contributed by atoms with Crippen LogP contribution in [0.25, 0.3) is 0 Å². The molecule has 0 bridgehead atoms. The molecular formula is C80H141NO8. The van der Waals surface area contributed by atoms with E-state index < -0.39 is 49.5 Å². The van der Waals surface area contributed by atoms with Crippen molar-refractivity contribution in [1.82, 2.24) is 5.32 Å². The molecular weight excluding hydrogens is 1100 g/mol. The molecule has 9 heteroatoms. The minimum absolute atomic E-state index is 0.188. The van der Waals surface area contributed by atoms with Gasteiger partial charge in [-0.3, -0.25) is 4.79 Å². The highest BCUT2D eigenvalue weighted by atomic mass is 16.7. The molecule has 1 aliphatic heterocycles. The van der Waals surface area contributed by atoms with Crippen molar-refractivity contribution < 1.29 is 39.8 Å². The highest BCUT2D eigenvalue weighted by Gasteiger charge is 2.44. The third kappa shape index (κ3) is 56.1. The molecule has 514 valence electrons. The first-order valence-electron chi connectivity index (χ1n) is 37.6. The Hall–Kier alpha value is -3.15. The van der Waals surface area contributed by atoms with Gasteiger partial charge in [-0.05, 0) is 96.3 Å². The predicted molar refractivity (Wildman–Crippen MR) is 382 cm³/mol. The summed E-state index contributed by atoms with van der Waals surface area (Å²) in [6, 6.07) is -0.833. The monoisotopic (exact) mass is 1240 g/mol. The first kappa shape index (κ1) is 83.9. The average Bonchev–Trinajstić information content (AvgIpc) is 2.59. The van der Waals surface area contributed by atoms with Crippen molar-refractivity contribution in [2.45, 2.75) is 378 Å². The van der Waals surface area contributed by atoms with Crippen LogP contribution in [0.5, 0.6) is 0 Å². The highest BCUT2D eigenvalue weighted by Crippen LogP contribution is 2.23. The zero-order chi connectivity index (χ0) is 64.2. The lowest BCUT2D eigenvalue weighted by molar-refractivity contribution is -0.302. The maximum absolute atomic E-state index is 13.1. The minimum Gasteiger partial charge on any atom is -0.394 e.